The van der Waals surface area contributed by atoms with Crippen LogP contribution in [-0.2, 0) is 4.79 Å². The molecule has 0 fully saturated rings. The molecule has 0 bridgehead atoms. The van der Waals surface area contributed by atoms with Crippen LogP contribution in [0.2, 0.25) is 0 Å². The lowest BCUT2D eigenvalue weighted by molar-refractivity contribution is -0.139. The van der Waals surface area contributed by atoms with Crippen molar-refractivity contribution < 1.29 is 24.2 Å². The van der Waals surface area contributed by atoms with Gasteiger partial charge in [-0.05, 0) is 30.5 Å². The average molecular weight is 295 g/mol. The van der Waals surface area contributed by atoms with Gasteiger partial charge in [0.05, 0.1) is 19.8 Å². The van der Waals surface area contributed by atoms with Crippen LogP contribution in [0.5, 0.6) is 11.5 Å². The predicted octanol–water partition coefficient (Wildman–Crippen LogP) is 1.93. The molecule has 6 heteroatoms. The second-order valence-electron chi connectivity index (χ2n) is 5.06. The van der Waals surface area contributed by atoms with Crippen LogP contribution in [0, 0.1) is 5.92 Å². The summed E-state index contributed by atoms with van der Waals surface area (Å²) in [7, 11) is 2.93. The van der Waals surface area contributed by atoms with Crippen molar-refractivity contribution in [2.45, 2.75) is 26.3 Å². The zero-order valence-electron chi connectivity index (χ0n) is 12.7. The van der Waals surface area contributed by atoms with Gasteiger partial charge in [0.1, 0.15) is 17.5 Å². The molecular formula is C15H21NO5. The number of carbonyl (C=O) groups excluding carboxylic acids is 1. The molecule has 0 unspecified atom stereocenters. The lowest BCUT2D eigenvalue weighted by Gasteiger charge is -2.17. The first-order chi connectivity index (χ1) is 9.88. The van der Waals surface area contributed by atoms with Crippen LogP contribution in [0.3, 0.4) is 0 Å². The molecule has 0 saturated carbocycles. The lowest BCUT2D eigenvalue weighted by Crippen LogP contribution is -2.41. The number of benzene rings is 1. The van der Waals surface area contributed by atoms with Gasteiger partial charge in [0.25, 0.3) is 5.91 Å². The number of aliphatic carboxylic acids is 1. The first-order valence-electron chi connectivity index (χ1n) is 6.64. The van der Waals surface area contributed by atoms with Crippen molar-refractivity contribution in [3.05, 3.63) is 23.8 Å². The van der Waals surface area contributed by atoms with Crippen LogP contribution in [-0.4, -0.2) is 37.2 Å². The number of hydrogen-bond acceptors (Lipinski definition) is 4. The topological polar surface area (TPSA) is 84.9 Å². The van der Waals surface area contributed by atoms with E-state index in [1.807, 2.05) is 13.8 Å². The van der Waals surface area contributed by atoms with Gasteiger partial charge in [-0.2, -0.15) is 0 Å². The van der Waals surface area contributed by atoms with Crippen molar-refractivity contribution in [2.75, 3.05) is 14.2 Å². The van der Waals surface area contributed by atoms with E-state index < -0.39 is 17.9 Å². The fourth-order valence-electron chi connectivity index (χ4n) is 1.92. The van der Waals surface area contributed by atoms with Gasteiger partial charge in [-0.3, -0.25) is 4.79 Å². The Morgan fingerprint density at radius 2 is 1.90 bits per heavy atom. The molecule has 21 heavy (non-hydrogen) atoms. The number of rotatable bonds is 7. The number of nitrogens with one attached hydrogen (secondary N) is 1. The van der Waals surface area contributed by atoms with Crippen LogP contribution in [0.25, 0.3) is 0 Å². The summed E-state index contributed by atoms with van der Waals surface area (Å²) < 4.78 is 10.2. The Morgan fingerprint density at radius 1 is 1.24 bits per heavy atom. The molecule has 6 nitrogen and oxygen atoms in total. The number of hydrogen-bond donors (Lipinski definition) is 2. The maximum Gasteiger partial charge on any atom is 0.326 e. The monoisotopic (exact) mass is 295 g/mol. The molecule has 1 rings (SSSR count). The Hall–Kier alpha value is -2.24. The molecule has 116 valence electrons. The Kier molecular flexibility index (Phi) is 6.02. The van der Waals surface area contributed by atoms with Gasteiger partial charge in [0, 0.05) is 0 Å². The second-order valence-corrected chi connectivity index (χ2v) is 5.06. The van der Waals surface area contributed by atoms with E-state index >= 15 is 0 Å². The fraction of sp³-hybridized carbons (Fsp3) is 0.467. The molecule has 0 spiro atoms. The highest BCUT2D eigenvalue weighted by molar-refractivity contribution is 5.99. The molecule has 1 atom stereocenters. The normalized spacial score (nSPS) is 11.9. The molecule has 0 saturated heterocycles. The largest absolute Gasteiger partial charge is 0.497 e. The highest BCUT2D eigenvalue weighted by atomic mass is 16.5. The van der Waals surface area contributed by atoms with Crippen LogP contribution < -0.4 is 14.8 Å². The summed E-state index contributed by atoms with van der Waals surface area (Å²) in [5.74, 6) is -0.546. The van der Waals surface area contributed by atoms with Crippen molar-refractivity contribution in [3.8, 4) is 11.5 Å². The van der Waals surface area contributed by atoms with Crippen LogP contribution in [0.1, 0.15) is 30.6 Å². The van der Waals surface area contributed by atoms with E-state index in [9.17, 15) is 14.7 Å². The van der Waals surface area contributed by atoms with E-state index in [-0.39, 0.29) is 11.5 Å². The zero-order valence-corrected chi connectivity index (χ0v) is 12.7. The summed E-state index contributed by atoms with van der Waals surface area (Å²) in [4.78, 5) is 23.5. The summed E-state index contributed by atoms with van der Waals surface area (Å²) in [5.41, 5.74) is 0.242. The Balaban J connectivity index is 2.98. The molecule has 1 aromatic carbocycles. The molecule has 0 aromatic heterocycles. The van der Waals surface area contributed by atoms with E-state index in [0.29, 0.717) is 17.9 Å². The Labute approximate surface area is 124 Å². The van der Waals surface area contributed by atoms with Gasteiger partial charge >= 0.3 is 5.97 Å². The number of carbonyl (C=O) groups is 2. The zero-order chi connectivity index (χ0) is 16.0. The van der Waals surface area contributed by atoms with E-state index in [1.165, 1.54) is 20.3 Å². The summed E-state index contributed by atoms with van der Waals surface area (Å²) >= 11 is 0. The van der Waals surface area contributed by atoms with Gasteiger partial charge in [-0.25, -0.2) is 4.79 Å². The minimum Gasteiger partial charge on any atom is -0.497 e. The standard InChI is InChI=1S/C15H21NO5/c1-9(2)7-12(15(18)19)16-14(17)11-8-10(20-3)5-6-13(11)21-4/h5-6,8-9,12H,7H2,1-4H3,(H,16,17)(H,18,19)/t12-/m0/s1. The minimum atomic E-state index is -1.06. The van der Waals surface area contributed by atoms with Gasteiger partial charge < -0.3 is 19.9 Å². The third-order valence-corrected chi connectivity index (χ3v) is 2.96. The number of ether oxygens (including phenoxy) is 2. The Bertz CT molecular complexity index is 513. The SMILES string of the molecule is COc1ccc(OC)c(C(=O)N[C@@H](CC(C)C)C(=O)O)c1. The summed E-state index contributed by atoms with van der Waals surface area (Å²) in [6, 6.07) is 3.85. The minimum absolute atomic E-state index is 0.151. The van der Waals surface area contributed by atoms with Crippen molar-refractivity contribution in [1.29, 1.82) is 0 Å². The molecule has 1 amide bonds. The van der Waals surface area contributed by atoms with Gasteiger partial charge in [-0.15, -0.1) is 0 Å². The van der Waals surface area contributed by atoms with Crippen molar-refractivity contribution in [3.63, 3.8) is 0 Å². The maximum atomic E-state index is 12.3. The van der Waals surface area contributed by atoms with Crippen molar-refractivity contribution in [2.24, 2.45) is 5.92 Å². The fourth-order valence-corrected chi connectivity index (χ4v) is 1.92. The van der Waals surface area contributed by atoms with Gasteiger partial charge in [0.15, 0.2) is 0 Å². The number of amides is 1. The summed E-state index contributed by atoms with van der Waals surface area (Å²) in [5, 5.41) is 11.7. The molecular weight excluding hydrogens is 274 g/mol. The molecule has 0 aliphatic rings. The third kappa shape index (κ3) is 4.66. The molecule has 0 aliphatic heterocycles. The summed E-state index contributed by atoms with van der Waals surface area (Å²) in [6.45, 7) is 3.79. The molecule has 0 heterocycles. The number of carboxylic acid groups (broad SMARTS) is 1. The number of methoxy groups -OCH3 is 2. The molecule has 2 N–H and O–H groups in total. The molecule has 0 radical (unpaired) electrons. The van der Waals surface area contributed by atoms with Crippen LogP contribution >= 0.6 is 0 Å². The maximum absolute atomic E-state index is 12.3. The van der Waals surface area contributed by atoms with Crippen molar-refractivity contribution in [1.82, 2.24) is 5.32 Å². The van der Waals surface area contributed by atoms with E-state index in [2.05, 4.69) is 5.32 Å². The van der Waals surface area contributed by atoms with Gasteiger partial charge in [0.2, 0.25) is 0 Å². The third-order valence-electron chi connectivity index (χ3n) is 2.96. The lowest BCUT2D eigenvalue weighted by atomic mass is 10.0. The first-order valence-corrected chi connectivity index (χ1v) is 6.64. The number of carboxylic acids is 1. The van der Waals surface area contributed by atoms with Crippen LogP contribution in [0.15, 0.2) is 18.2 Å². The van der Waals surface area contributed by atoms with Gasteiger partial charge in [-0.1, -0.05) is 13.8 Å². The van der Waals surface area contributed by atoms with Crippen LogP contribution in [0.4, 0.5) is 0 Å². The van der Waals surface area contributed by atoms with Crippen molar-refractivity contribution >= 4 is 11.9 Å². The highest BCUT2D eigenvalue weighted by Gasteiger charge is 2.23. The van der Waals surface area contributed by atoms with E-state index in [0.717, 1.165) is 0 Å². The highest BCUT2D eigenvalue weighted by Crippen LogP contribution is 2.24. The second kappa shape index (κ2) is 7.52. The van der Waals surface area contributed by atoms with E-state index in [1.54, 1.807) is 12.1 Å². The van der Waals surface area contributed by atoms with E-state index in [4.69, 9.17) is 9.47 Å². The Morgan fingerprint density at radius 3 is 2.38 bits per heavy atom. The smallest absolute Gasteiger partial charge is 0.326 e. The summed E-state index contributed by atoms with van der Waals surface area (Å²) in [6.07, 6.45) is 0.355. The molecule has 1 aromatic rings. The first kappa shape index (κ1) is 16.8. The molecule has 0 aliphatic carbocycles. The predicted molar refractivity (Wildman–Crippen MR) is 77.9 cm³/mol. The quantitative estimate of drug-likeness (QED) is 0.803. The average Bonchev–Trinajstić information content (AvgIpc) is 2.45.